The van der Waals surface area contributed by atoms with E-state index in [1.54, 1.807) is 18.5 Å². The summed E-state index contributed by atoms with van der Waals surface area (Å²) in [5.74, 6) is 0.0112. The highest BCUT2D eigenvalue weighted by Crippen LogP contribution is 2.32. The molecule has 4 nitrogen and oxygen atoms in total. The van der Waals surface area contributed by atoms with Gasteiger partial charge >= 0.3 is 0 Å². The summed E-state index contributed by atoms with van der Waals surface area (Å²) in [6, 6.07) is 10.5. The molecule has 1 saturated heterocycles. The normalized spacial score (nSPS) is 17.8. The Morgan fingerprint density at radius 1 is 1.24 bits per heavy atom. The summed E-state index contributed by atoms with van der Waals surface area (Å²) in [5, 5.41) is 0.493. The van der Waals surface area contributed by atoms with Gasteiger partial charge in [0.25, 0.3) is 5.91 Å². The predicted molar refractivity (Wildman–Crippen MR) is 101 cm³/mol. The predicted octanol–water partition coefficient (Wildman–Crippen LogP) is 4.16. The molecule has 25 heavy (non-hydrogen) atoms. The third-order valence-electron chi connectivity index (χ3n) is 4.58. The van der Waals surface area contributed by atoms with Crippen LogP contribution in [0.1, 0.15) is 46.8 Å². The van der Waals surface area contributed by atoms with Gasteiger partial charge in [0.1, 0.15) is 0 Å². The van der Waals surface area contributed by atoms with Gasteiger partial charge < -0.3 is 9.80 Å². The molecule has 5 heteroatoms. The Kier molecular flexibility index (Phi) is 5.71. The highest BCUT2D eigenvalue weighted by molar-refractivity contribution is 6.30. The Hall–Kier alpha value is -1.91. The quantitative estimate of drug-likeness (QED) is 0.824. The van der Waals surface area contributed by atoms with Crippen LogP contribution < -0.4 is 0 Å². The zero-order valence-corrected chi connectivity index (χ0v) is 15.5. The summed E-state index contributed by atoms with van der Waals surface area (Å²) in [5.41, 5.74) is 3.04. The lowest BCUT2D eigenvalue weighted by Crippen LogP contribution is -2.38. The van der Waals surface area contributed by atoms with Gasteiger partial charge in [-0.15, -0.1) is 0 Å². The molecule has 0 radical (unpaired) electrons. The largest absolute Gasteiger partial charge is 0.332 e. The molecule has 0 unspecified atom stereocenters. The maximum absolute atomic E-state index is 13.0. The van der Waals surface area contributed by atoms with Gasteiger partial charge in [0, 0.05) is 25.5 Å². The molecule has 2 aromatic rings. The standard InChI is InChI=1S/C20H24ClN3O/c1-23(2)14-15-6-8-16(9-7-15)19-5-3-4-10-24(19)20(25)17-11-18(21)13-22-12-17/h6-9,11-13,19H,3-5,10,14H2,1-2H3/t19-/m1/s1. The van der Waals surface area contributed by atoms with E-state index in [-0.39, 0.29) is 11.9 Å². The van der Waals surface area contributed by atoms with Crippen LogP contribution in [-0.4, -0.2) is 41.3 Å². The van der Waals surface area contributed by atoms with E-state index < -0.39 is 0 Å². The van der Waals surface area contributed by atoms with Crippen molar-refractivity contribution in [3.05, 3.63) is 64.4 Å². The molecule has 132 valence electrons. The van der Waals surface area contributed by atoms with Crippen molar-refractivity contribution in [3.8, 4) is 0 Å². The molecule has 1 fully saturated rings. The minimum Gasteiger partial charge on any atom is -0.332 e. The number of aromatic nitrogens is 1. The summed E-state index contributed by atoms with van der Waals surface area (Å²) in [6.45, 7) is 1.69. The first-order chi connectivity index (χ1) is 12.0. The molecule has 0 N–H and O–H groups in total. The van der Waals surface area contributed by atoms with Crippen LogP contribution in [0.4, 0.5) is 0 Å². The number of benzene rings is 1. The van der Waals surface area contributed by atoms with Crippen molar-refractivity contribution in [2.75, 3.05) is 20.6 Å². The highest BCUT2D eigenvalue weighted by atomic mass is 35.5. The Morgan fingerprint density at radius 2 is 2.00 bits per heavy atom. The lowest BCUT2D eigenvalue weighted by atomic mass is 9.94. The first kappa shape index (κ1) is 17.9. The van der Waals surface area contributed by atoms with Crippen LogP contribution in [0.3, 0.4) is 0 Å². The second-order valence-corrected chi connectivity index (χ2v) is 7.32. The van der Waals surface area contributed by atoms with Crippen molar-refractivity contribution in [3.63, 3.8) is 0 Å². The van der Waals surface area contributed by atoms with E-state index in [2.05, 4.69) is 48.2 Å². The number of rotatable bonds is 4. The van der Waals surface area contributed by atoms with Crippen molar-refractivity contribution in [1.29, 1.82) is 0 Å². The fourth-order valence-corrected chi connectivity index (χ4v) is 3.60. The van der Waals surface area contributed by atoms with Crippen LogP contribution in [-0.2, 0) is 6.54 Å². The van der Waals surface area contributed by atoms with Crippen LogP contribution in [0.15, 0.2) is 42.7 Å². The van der Waals surface area contributed by atoms with Crippen molar-refractivity contribution in [1.82, 2.24) is 14.8 Å². The average Bonchev–Trinajstić information content (AvgIpc) is 2.61. The maximum atomic E-state index is 13.0. The van der Waals surface area contributed by atoms with Crippen molar-refractivity contribution in [2.45, 2.75) is 31.8 Å². The van der Waals surface area contributed by atoms with Gasteiger partial charge in [0.05, 0.1) is 16.6 Å². The molecule has 3 rings (SSSR count). The summed E-state index contributed by atoms with van der Waals surface area (Å²) in [7, 11) is 4.13. The Balaban J connectivity index is 1.82. The summed E-state index contributed by atoms with van der Waals surface area (Å²) < 4.78 is 0. The first-order valence-electron chi connectivity index (χ1n) is 8.69. The van der Waals surface area contributed by atoms with E-state index in [0.29, 0.717) is 10.6 Å². The van der Waals surface area contributed by atoms with Crippen LogP contribution in [0, 0.1) is 0 Å². The van der Waals surface area contributed by atoms with E-state index in [0.717, 1.165) is 32.4 Å². The zero-order valence-electron chi connectivity index (χ0n) is 14.8. The van der Waals surface area contributed by atoms with E-state index >= 15 is 0 Å². The minimum atomic E-state index is 0.0112. The van der Waals surface area contributed by atoms with Gasteiger partial charge in [0.2, 0.25) is 0 Å². The van der Waals surface area contributed by atoms with Gasteiger partial charge in [-0.2, -0.15) is 0 Å². The molecule has 1 amide bonds. The van der Waals surface area contributed by atoms with E-state index in [4.69, 9.17) is 11.6 Å². The fraction of sp³-hybridized carbons (Fsp3) is 0.400. The zero-order chi connectivity index (χ0) is 17.8. The summed E-state index contributed by atoms with van der Waals surface area (Å²) in [4.78, 5) is 21.1. The first-order valence-corrected chi connectivity index (χ1v) is 9.07. The van der Waals surface area contributed by atoms with Crippen molar-refractivity contribution in [2.24, 2.45) is 0 Å². The lowest BCUT2D eigenvalue weighted by molar-refractivity contribution is 0.0611. The number of halogens is 1. The second-order valence-electron chi connectivity index (χ2n) is 6.88. The number of likely N-dealkylation sites (tertiary alicyclic amines) is 1. The summed E-state index contributed by atoms with van der Waals surface area (Å²) in [6.07, 6.45) is 6.32. The number of hydrogen-bond acceptors (Lipinski definition) is 3. The van der Waals surface area contributed by atoms with Gasteiger partial charge in [-0.3, -0.25) is 9.78 Å². The number of pyridine rings is 1. The smallest absolute Gasteiger partial charge is 0.255 e. The SMILES string of the molecule is CN(C)Cc1ccc([C@H]2CCCCN2C(=O)c2cncc(Cl)c2)cc1. The molecule has 1 aliphatic rings. The van der Waals surface area contributed by atoms with Gasteiger partial charge in [0.15, 0.2) is 0 Å². The number of nitrogens with zero attached hydrogens (tertiary/aromatic N) is 3. The Morgan fingerprint density at radius 3 is 2.68 bits per heavy atom. The highest BCUT2D eigenvalue weighted by Gasteiger charge is 2.28. The van der Waals surface area contributed by atoms with Crippen LogP contribution in [0.2, 0.25) is 5.02 Å². The number of amides is 1. The Labute approximate surface area is 154 Å². The topological polar surface area (TPSA) is 36.4 Å². The molecule has 1 atom stereocenters. The molecule has 1 aromatic heterocycles. The molecule has 0 saturated carbocycles. The number of carbonyl (C=O) groups is 1. The average molecular weight is 358 g/mol. The van der Waals surface area contributed by atoms with E-state index in [1.165, 1.54) is 11.1 Å². The van der Waals surface area contributed by atoms with Crippen LogP contribution in [0.25, 0.3) is 0 Å². The van der Waals surface area contributed by atoms with Crippen molar-refractivity contribution < 1.29 is 4.79 Å². The molecule has 0 spiro atoms. The third-order valence-corrected chi connectivity index (χ3v) is 4.79. The lowest BCUT2D eigenvalue weighted by Gasteiger charge is -2.36. The monoisotopic (exact) mass is 357 g/mol. The molecular formula is C20H24ClN3O. The number of carbonyl (C=O) groups excluding carboxylic acids is 1. The molecule has 2 heterocycles. The Bertz CT molecular complexity index is 730. The van der Waals surface area contributed by atoms with E-state index in [1.807, 2.05) is 4.90 Å². The molecular weight excluding hydrogens is 334 g/mol. The molecule has 0 aliphatic carbocycles. The molecule has 0 bridgehead atoms. The molecule has 1 aromatic carbocycles. The van der Waals surface area contributed by atoms with Gasteiger partial charge in [-0.1, -0.05) is 35.9 Å². The van der Waals surface area contributed by atoms with Crippen LogP contribution >= 0.6 is 11.6 Å². The number of hydrogen-bond donors (Lipinski definition) is 0. The van der Waals surface area contributed by atoms with Gasteiger partial charge in [-0.05, 0) is 50.6 Å². The summed E-state index contributed by atoms with van der Waals surface area (Å²) >= 11 is 6.00. The minimum absolute atomic E-state index is 0.0112. The number of piperidine rings is 1. The second kappa shape index (κ2) is 7.98. The van der Waals surface area contributed by atoms with Crippen molar-refractivity contribution >= 4 is 17.5 Å². The van der Waals surface area contributed by atoms with Crippen LogP contribution in [0.5, 0.6) is 0 Å². The fourth-order valence-electron chi connectivity index (χ4n) is 3.43. The maximum Gasteiger partial charge on any atom is 0.255 e. The molecule has 1 aliphatic heterocycles. The van der Waals surface area contributed by atoms with Gasteiger partial charge in [-0.25, -0.2) is 0 Å². The van der Waals surface area contributed by atoms with E-state index in [9.17, 15) is 4.79 Å². The third kappa shape index (κ3) is 4.39.